The van der Waals surface area contributed by atoms with Crippen molar-refractivity contribution in [2.45, 2.75) is 25.4 Å². The van der Waals surface area contributed by atoms with Gasteiger partial charge in [0.15, 0.2) is 6.61 Å². The summed E-state index contributed by atoms with van der Waals surface area (Å²) in [5.74, 6) is -0.583. The van der Waals surface area contributed by atoms with Crippen LogP contribution in [0.1, 0.15) is 36.6 Å². The summed E-state index contributed by atoms with van der Waals surface area (Å²) in [4.78, 5) is 39.2. The van der Waals surface area contributed by atoms with Gasteiger partial charge in [0.05, 0.1) is 24.2 Å². The largest absolute Gasteiger partial charge is 0.489 e. The molecule has 3 aromatic carbocycles. The third-order valence-corrected chi connectivity index (χ3v) is 5.59. The first kappa shape index (κ1) is 23.0. The summed E-state index contributed by atoms with van der Waals surface area (Å²) in [5.41, 5.74) is 2.34. The lowest BCUT2D eigenvalue weighted by atomic mass is 10.0. The molecule has 1 aliphatic heterocycles. The van der Waals surface area contributed by atoms with E-state index >= 15 is 0 Å². The Kier molecular flexibility index (Phi) is 7.22. The van der Waals surface area contributed by atoms with E-state index in [1.807, 2.05) is 78.9 Å². The summed E-state index contributed by atoms with van der Waals surface area (Å²) in [5, 5.41) is 2.77. The number of carbonyl (C=O) groups is 3. The summed E-state index contributed by atoms with van der Waals surface area (Å²) < 4.78 is 11.3. The van der Waals surface area contributed by atoms with Crippen LogP contribution >= 0.6 is 0 Å². The second-order valence-electron chi connectivity index (χ2n) is 8.00. The lowest BCUT2D eigenvalue weighted by Gasteiger charge is -2.37. The lowest BCUT2D eigenvalue weighted by molar-refractivity contribution is -0.148. The van der Waals surface area contributed by atoms with E-state index in [9.17, 15) is 14.4 Å². The minimum atomic E-state index is -0.575. The van der Waals surface area contributed by atoms with E-state index < -0.39 is 18.6 Å². The number of hydrogen-bond donors (Lipinski definition) is 1. The van der Waals surface area contributed by atoms with Crippen molar-refractivity contribution in [2.24, 2.45) is 0 Å². The number of anilines is 1. The Hall–Kier alpha value is -4.13. The van der Waals surface area contributed by atoms with Gasteiger partial charge < -0.3 is 14.8 Å². The van der Waals surface area contributed by atoms with Crippen LogP contribution in [0.25, 0.3) is 0 Å². The molecule has 0 spiro atoms. The average molecular weight is 459 g/mol. The van der Waals surface area contributed by atoms with Gasteiger partial charge in [0, 0.05) is 6.92 Å². The molecule has 2 amide bonds. The number of fused-ring (bicyclic) bond motifs is 1. The van der Waals surface area contributed by atoms with Crippen LogP contribution in [-0.4, -0.2) is 31.0 Å². The van der Waals surface area contributed by atoms with Gasteiger partial charge in [0.25, 0.3) is 5.91 Å². The summed E-state index contributed by atoms with van der Waals surface area (Å²) in [6.45, 7) is 1.27. The number of hydrogen-bond acceptors (Lipinski definition) is 5. The number of rotatable bonds is 7. The monoisotopic (exact) mass is 458 g/mol. The molecule has 0 radical (unpaired) electrons. The summed E-state index contributed by atoms with van der Waals surface area (Å²) in [6.07, 6.45) is -0.0846. The molecule has 0 saturated carbocycles. The Labute approximate surface area is 198 Å². The summed E-state index contributed by atoms with van der Waals surface area (Å²) in [7, 11) is 0. The summed E-state index contributed by atoms with van der Waals surface area (Å²) in [6, 6.07) is 25.2. The number of para-hydroxylation sites is 2. The van der Waals surface area contributed by atoms with Gasteiger partial charge in [-0.1, -0.05) is 72.8 Å². The topological polar surface area (TPSA) is 84.9 Å². The third-order valence-electron chi connectivity index (χ3n) is 5.59. The third kappa shape index (κ3) is 5.43. The quantitative estimate of drug-likeness (QED) is 0.542. The zero-order valence-corrected chi connectivity index (χ0v) is 18.8. The second-order valence-corrected chi connectivity index (χ2v) is 8.00. The molecule has 2 atom stereocenters. The number of amides is 2. The van der Waals surface area contributed by atoms with Crippen molar-refractivity contribution in [1.29, 1.82) is 0 Å². The minimum absolute atomic E-state index is 0.0846. The van der Waals surface area contributed by atoms with Crippen LogP contribution in [0, 0.1) is 0 Å². The zero-order chi connectivity index (χ0) is 23.9. The number of carbonyl (C=O) groups excluding carboxylic acids is 3. The molecule has 0 aliphatic carbocycles. The highest BCUT2D eigenvalue weighted by molar-refractivity contribution is 5.97. The Morgan fingerprint density at radius 3 is 2.32 bits per heavy atom. The molecule has 0 saturated heterocycles. The molecule has 0 unspecified atom stereocenters. The highest BCUT2D eigenvalue weighted by Crippen LogP contribution is 2.39. The predicted octanol–water partition coefficient (Wildman–Crippen LogP) is 3.96. The maximum absolute atomic E-state index is 13.3. The van der Waals surface area contributed by atoms with Gasteiger partial charge in [0.1, 0.15) is 12.4 Å². The molecule has 0 fully saturated rings. The predicted molar refractivity (Wildman–Crippen MR) is 127 cm³/mol. The Morgan fingerprint density at radius 2 is 1.62 bits per heavy atom. The number of benzene rings is 3. The molecule has 174 valence electrons. The molecule has 4 rings (SSSR count). The van der Waals surface area contributed by atoms with E-state index in [-0.39, 0.29) is 24.3 Å². The Balaban J connectivity index is 1.48. The standard InChI is InChI=1S/C27H26N2O5/c1-19(30)28-22(20-10-4-2-5-11-20)16-27(32)34-18-26(31)29-23-14-8-9-15-25(23)33-17-24(29)21-12-6-3-7-13-21/h2-15,22,24H,16-18H2,1H3,(H,28,30)/t22-,24+/m1/s1. The molecule has 34 heavy (non-hydrogen) atoms. The van der Waals surface area contributed by atoms with Crippen molar-refractivity contribution >= 4 is 23.5 Å². The smallest absolute Gasteiger partial charge is 0.308 e. The first-order chi connectivity index (χ1) is 16.5. The van der Waals surface area contributed by atoms with E-state index in [4.69, 9.17) is 9.47 Å². The van der Waals surface area contributed by atoms with Crippen molar-refractivity contribution < 1.29 is 23.9 Å². The summed E-state index contributed by atoms with van der Waals surface area (Å²) >= 11 is 0. The fourth-order valence-electron chi connectivity index (χ4n) is 4.04. The van der Waals surface area contributed by atoms with Crippen molar-refractivity contribution in [3.63, 3.8) is 0 Å². The van der Waals surface area contributed by atoms with Crippen LogP contribution in [-0.2, 0) is 19.1 Å². The average Bonchev–Trinajstić information content (AvgIpc) is 2.87. The maximum atomic E-state index is 13.3. The lowest BCUT2D eigenvalue weighted by Crippen LogP contribution is -2.43. The fraction of sp³-hybridized carbons (Fsp3) is 0.222. The van der Waals surface area contributed by atoms with Gasteiger partial charge in [-0.3, -0.25) is 19.3 Å². The number of nitrogens with one attached hydrogen (secondary N) is 1. The highest BCUT2D eigenvalue weighted by atomic mass is 16.5. The van der Waals surface area contributed by atoms with Crippen molar-refractivity contribution in [1.82, 2.24) is 5.32 Å². The van der Waals surface area contributed by atoms with Gasteiger partial charge in [-0.15, -0.1) is 0 Å². The molecule has 0 aromatic heterocycles. The van der Waals surface area contributed by atoms with Gasteiger partial charge in [-0.25, -0.2) is 0 Å². The van der Waals surface area contributed by atoms with Crippen LogP contribution in [0.3, 0.4) is 0 Å². The van der Waals surface area contributed by atoms with Crippen LogP contribution < -0.4 is 15.0 Å². The van der Waals surface area contributed by atoms with E-state index in [1.165, 1.54) is 6.92 Å². The van der Waals surface area contributed by atoms with Crippen LogP contribution in [0.15, 0.2) is 84.9 Å². The van der Waals surface area contributed by atoms with Gasteiger partial charge in [0.2, 0.25) is 5.91 Å². The van der Waals surface area contributed by atoms with Crippen molar-refractivity contribution in [3.8, 4) is 5.75 Å². The van der Waals surface area contributed by atoms with Gasteiger partial charge in [-0.2, -0.15) is 0 Å². The molecule has 1 aliphatic rings. The maximum Gasteiger partial charge on any atom is 0.308 e. The van der Waals surface area contributed by atoms with E-state index in [0.29, 0.717) is 18.0 Å². The molecule has 7 heteroatoms. The normalized spacial score (nSPS) is 15.4. The molecule has 7 nitrogen and oxygen atoms in total. The van der Waals surface area contributed by atoms with Crippen LogP contribution in [0.5, 0.6) is 5.75 Å². The highest BCUT2D eigenvalue weighted by Gasteiger charge is 2.33. The van der Waals surface area contributed by atoms with Crippen LogP contribution in [0.2, 0.25) is 0 Å². The molecule has 0 bridgehead atoms. The second kappa shape index (κ2) is 10.7. The fourth-order valence-corrected chi connectivity index (χ4v) is 4.04. The first-order valence-corrected chi connectivity index (χ1v) is 11.1. The molecular weight excluding hydrogens is 432 g/mol. The van der Waals surface area contributed by atoms with Gasteiger partial charge in [-0.05, 0) is 23.3 Å². The number of nitrogens with zero attached hydrogens (tertiary/aromatic N) is 1. The number of esters is 1. The van der Waals surface area contributed by atoms with E-state index in [2.05, 4.69) is 5.32 Å². The molecule has 1 N–H and O–H groups in total. The SMILES string of the molecule is CC(=O)N[C@H](CC(=O)OCC(=O)N1c2ccccc2OC[C@H]1c1ccccc1)c1ccccc1. The molecule has 3 aromatic rings. The van der Waals surface area contributed by atoms with Crippen LogP contribution in [0.4, 0.5) is 5.69 Å². The molecular formula is C27H26N2O5. The zero-order valence-electron chi connectivity index (χ0n) is 18.8. The first-order valence-electron chi connectivity index (χ1n) is 11.1. The van der Waals surface area contributed by atoms with Crippen molar-refractivity contribution in [2.75, 3.05) is 18.1 Å². The minimum Gasteiger partial charge on any atom is -0.489 e. The van der Waals surface area contributed by atoms with Gasteiger partial charge >= 0.3 is 5.97 Å². The Bertz CT molecular complexity index is 1150. The van der Waals surface area contributed by atoms with E-state index in [0.717, 1.165) is 11.1 Å². The van der Waals surface area contributed by atoms with E-state index in [1.54, 1.807) is 11.0 Å². The number of ether oxygens (including phenoxy) is 2. The Morgan fingerprint density at radius 1 is 0.971 bits per heavy atom. The molecule has 1 heterocycles. The van der Waals surface area contributed by atoms with Crippen molar-refractivity contribution in [3.05, 3.63) is 96.1 Å².